The Kier molecular flexibility index (Phi) is 6.89. The SMILES string of the molecule is CC[Si](CC)(CC)c1ccc(-c2sc3c(-c4cc(C(C)(C)C)c5ccccc5c4)nccc3c2C)cc1. The van der Waals surface area contributed by atoms with Crippen LogP contribution in [0.15, 0.2) is 72.9 Å². The van der Waals surface area contributed by atoms with Crippen LogP contribution in [0.4, 0.5) is 0 Å². The fraction of sp³-hybridized carbons (Fsp3) is 0.324. The molecule has 0 aliphatic heterocycles. The Bertz CT molecular complexity index is 1560. The molecule has 0 saturated carbocycles. The molecule has 1 nitrogen and oxygen atoms in total. The maximum absolute atomic E-state index is 4.95. The van der Waals surface area contributed by atoms with Gasteiger partial charge in [-0.3, -0.25) is 4.98 Å². The van der Waals surface area contributed by atoms with Gasteiger partial charge in [0.25, 0.3) is 0 Å². The fourth-order valence-corrected chi connectivity index (χ4v) is 11.0. The van der Waals surface area contributed by atoms with Crippen molar-refractivity contribution < 1.29 is 0 Å². The number of hydrogen-bond donors (Lipinski definition) is 0. The Labute approximate surface area is 227 Å². The van der Waals surface area contributed by atoms with Crippen molar-refractivity contribution in [3.05, 3.63) is 84.1 Å². The third-order valence-corrected chi connectivity index (χ3v) is 15.6. The van der Waals surface area contributed by atoms with Crippen LogP contribution in [-0.4, -0.2) is 13.1 Å². The predicted octanol–water partition coefficient (Wildman–Crippen LogP) is 10.1. The summed E-state index contributed by atoms with van der Waals surface area (Å²) in [4.78, 5) is 6.32. The van der Waals surface area contributed by atoms with E-state index in [0.717, 1.165) is 5.69 Å². The third-order valence-electron chi connectivity index (χ3n) is 8.59. The number of fused-ring (bicyclic) bond motifs is 2. The maximum atomic E-state index is 4.95. The van der Waals surface area contributed by atoms with Gasteiger partial charge in [0.1, 0.15) is 0 Å². The van der Waals surface area contributed by atoms with E-state index in [-0.39, 0.29) is 5.41 Å². The molecule has 0 fully saturated rings. The summed E-state index contributed by atoms with van der Waals surface area (Å²) in [6.45, 7) is 16.3. The molecule has 0 aliphatic rings. The Balaban J connectivity index is 1.66. The van der Waals surface area contributed by atoms with Gasteiger partial charge in [-0.05, 0) is 63.4 Å². The molecule has 0 radical (unpaired) electrons. The standard InChI is InChI=1S/C34H39NSSi/c1-8-37(9-2,10-3)27-17-15-24(16-18-27)32-23(4)28-19-20-35-31(33(28)36-32)26-21-25-13-11-12-14-29(25)30(22-26)34(5,6)7/h11-22H,8-10H2,1-7H3. The second-order valence-corrected chi connectivity index (χ2v) is 17.8. The van der Waals surface area contributed by atoms with Gasteiger partial charge >= 0.3 is 0 Å². The van der Waals surface area contributed by atoms with Crippen molar-refractivity contribution in [2.45, 2.75) is 72.0 Å². The topological polar surface area (TPSA) is 12.9 Å². The first-order valence-corrected chi connectivity index (χ1v) is 17.2. The molecule has 0 saturated heterocycles. The lowest BCUT2D eigenvalue weighted by molar-refractivity contribution is 0.596. The number of benzene rings is 3. The van der Waals surface area contributed by atoms with Crippen LogP contribution in [0.3, 0.4) is 0 Å². The second kappa shape index (κ2) is 9.85. The van der Waals surface area contributed by atoms with Crippen molar-refractivity contribution in [2.75, 3.05) is 0 Å². The highest BCUT2D eigenvalue weighted by atomic mass is 32.1. The third kappa shape index (κ3) is 4.47. The van der Waals surface area contributed by atoms with Crippen LogP contribution in [-0.2, 0) is 5.41 Å². The molecular weight excluding hydrogens is 483 g/mol. The molecular formula is C34H39NSSi. The van der Waals surface area contributed by atoms with Crippen molar-refractivity contribution in [3.8, 4) is 21.7 Å². The molecule has 5 rings (SSSR count). The smallest absolute Gasteiger partial charge is 0.0880 e. The number of hydrogen-bond acceptors (Lipinski definition) is 2. The molecule has 0 bridgehead atoms. The number of thiophene rings is 1. The monoisotopic (exact) mass is 521 g/mol. The zero-order chi connectivity index (χ0) is 26.4. The maximum Gasteiger partial charge on any atom is 0.0880 e. The summed E-state index contributed by atoms with van der Waals surface area (Å²) in [6.07, 6.45) is 1.99. The number of nitrogens with zero attached hydrogens (tertiary/aromatic N) is 1. The summed E-state index contributed by atoms with van der Waals surface area (Å²) >= 11 is 1.90. The van der Waals surface area contributed by atoms with Gasteiger partial charge in [-0.1, -0.05) is 113 Å². The molecule has 0 atom stereocenters. The van der Waals surface area contributed by atoms with Crippen LogP contribution < -0.4 is 5.19 Å². The Hall–Kier alpha value is -2.75. The van der Waals surface area contributed by atoms with Gasteiger partial charge in [-0.2, -0.15) is 0 Å². The Morgan fingerprint density at radius 2 is 1.46 bits per heavy atom. The molecule has 3 aromatic carbocycles. The summed E-state index contributed by atoms with van der Waals surface area (Å²) in [6, 6.07) is 29.2. The van der Waals surface area contributed by atoms with Crippen LogP contribution in [0, 0.1) is 6.92 Å². The van der Waals surface area contributed by atoms with Crippen LogP contribution in [0.25, 0.3) is 42.6 Å². The summed E-state index contributed by atoms with van der Waals surface area (Å²) in [5.41, 5.74) is 6.42. The number of aromatic nitrogens is 1. The minimum absolute atomic E-state index is 0.0514. The average Bonchev–Trinajstić information content (AvgIpc) is 3.25. The lowest BCUT2D eigenvalue weighted by atomic mass is 9.82. The first kappa shape index (κ1) is 25.9. The molecule has 0 amide bonds. The first-order chi connectivity index (χ1) is 17.7. The fourth-order valence-electron chi connectivity index (χ4n) is 6.03. The highest BCUT2D eigenvalue weighted by molar-refractivity contribution is 7.23. The largest absolute Gasteiger partial charge is 0.255 e. The quantitative estimate of drug-likeness (QED) is 0.203. The zero-order valence-corrected chi connectivity index (χ0v) is 25.2. The van der Waals surface area contributed by atoms with Gasteiger partial charge in [0, 0.05) is 16.6 Å². The van der Waals surface area contributed by atoms with Crippen molar-refractivity contribution >= 4 is 45.5 Å². The van der Waals surface area contributed by atoms with Gasteiger partial charge < -0.3 is 0 Å². The summed E-state index contributed by atoms with van der Waals surface area (Å²) < 4.78 is 1.29. The minimum atomic E-state index is -1.37. The number of pyridine rings is 1. The number of aryl methyl sites for hydroxylation is 1. The van der Waals surface area contributed by atoms with Crippen LogP contribution in [0.1, 0.15) is 52.7 Å². The van der Waals surface area contributed by atoms with Crippen LogP contribution in [0.5, 0.6) is 0 Å². The highest BCUT2D eigenvalue weighted by Gasteiger charge is 2.29. The van der Waals surface area contributed by atoms with E-state index in [2.05, 4.69) is 115 Å². The van der Waals surface area contributed by atoms with E-state index in [1.165, 1.54) is 66.1 Å². The molecule has 0 spiro atoms. The Morgan fingerprint density at radius 1 is 0.784 bits per heavy atom. The highest BCUT2D eigenvalue weighted by Crippen LogP contribution is 2.43. The molecule has 37 heavy (non-hydrogen) atoms. The van der Waals surface area contributed by atoms with Crippen molar-refractivity contribution in [2.24, 2.45) is 0 Å². The molecule has 0 aliphatic carbocycles. The molecule has 2 aromatic heterocycles. The van der Waals surface area contributed by atoms with E-state index >= 15 is 0 Å². The van der Waals surface area contributed by atoms with Crippen LogP contribution in [0.2, 0.25) is 18.1 Å². The van der Waals surface area contributed by atoms with Crippen molar-refractivity contribution in [3.63, 3.8) is 0 Å². The summed E-state index contributed by atoms with van der Waals surface area (Å²) in [5, 5.41) is 5.54. The zero-order valence-electron chi connectivity index (χ0n) is 23.4. The van der Waals surface area contributed by atoms with E-state index in [4.69, 9.17) is 4.98 Å². The lowest BCUT2D eigenvalue weighted by Gasteiger charge is -2.28. The molecule has 190 valence electrons. The summed E-state index contributed by atoms with van der Waals surface area (Å²) in [7, 11) is -1.37. The predicted molar refractivity (Wildman–Crippen MR) is 168 cm³/mol. The Morgan fingerprint density at radius 3 is 2.11 bits per heavy atom. The van der Waals surface area contributed by atoms with E-state index in [1.54, 1.807) is 5.19 Å². The van der Waals surface area contributed by atoms with E-state index in [9.17, 15) is 0 Å². The molecule has 5 aromatic rings. The average molecular weight is 522 g/mol. The van der Waals surface area contributed by atoms with Gasteiger partial charge in [0.15, 0.2) is 0 Å². The van der Waals surface area contributed by atoms with Gasteiger partial charge in [0.05, 0.1) is 18.5 Å². The molecule has 0 N–H and O–H groups in total. The lowest BCUT2D eigenvalue weighted by Crippen LogP contribution is -2.45. The normalized spacial score (nSPS) is 12.5. The minimum Gasteiger partial charge on any atom is -0.255 e. The molecule has 0 unspecified atom stereocenters. The van der Waals surface area contributed by atoms with E-state index in [0.29, 0.717) is 0 Å². The van der Waals surface area contributed by atoms with E-state index < -0.39 is 8.07 Å². The van der Waals surface area contributed by atoms with Gasteiger partial charge in [0.2, 0.25) is 0 Å². The van der Waals surface area contributed by atoms with E-state index in [1.807, 2.05) is 17.5 Å². The van der Waals surface area contributed by atoms with Gasteiger partial charge in [-0.15, -0.1) is 11.3 Å². The molecule has 3 heteroatoms. The molecule has 2 heterocycles. The number of rotatable bonds is 6. The second-order valence-electron chi connectivity index (χ2n) is 11.5. The summed E-state index contributed by atoms with van der Waals surface area (Å²) in [5.74, 6) is 0. The first-order valence-electron chi connectivity index (χ1n) is 13.7. The van der Waals surface area contributed by atoms with Crippen molar-refractivity contribution in [1.82, 2.24) is 4.98 Å². The van der Waals surface area contributed by atoms with Crippen molar-refractivity contribution in [1.29, 1.82) is 0 Å². The van der Waals surface area contributed by atoms with Gasteiger partial charge in [-0.25, -0.2) is 0 Å². The van der Waals surface area contributed by atoms with Crippen LogP contribution >= 0.6 is 11.3 Å².